The Bertz CT molecular complexity index is 1590. The number of rotatable bonds is 5. The fourth-order valence-corrected chi connectivity index (χ4v) is 5.21. The van der Waals surface area contributed by atoms with E-state index in [1.165, 1.54) is 12.0 Å². The first-order valence-corrected chi connectivity index (χ1v) is 11.9. The van der Waals surface area contributed by atoms with Crippen LogP contribution in [0.1, 0.15) is 60.4 Å². The molecule has 2 aromatic heterocycles. The molecule has 5 rings (SSSR count). The number of amides is 1. The van der Waals surface area contributed by atoms with Gasteiger partial charge in [-0.25, -0.2) is 14.6 Å². The number of carbonyl (C=O) groups is 3. The molecule has 0 N–H and O–H groups in total. The minimum absolute atomic E-state index is 0.0914. The standard InChI is InChI=1S/C26H20N2O7S/c1-4-34-25(32)22-13(2)27-26(36-22)28-19(14-9-11-15(12-10-14)24(31)33-3)18-20(29)16-7-5-6-8-17(16)35-21(18)23(28)30/h5-12,19H,4H2,1-3H3. The molecule has 1 atom stereocenters. The van der Waals surface area contributed by atoms with Crippen LogP contribution >= 0.6 is 11.3 Å². The number of hydrogen-bond donors (Lipinski definition) is 0. The maximum Gasteiger partial charge on any atom is 0.350 e. The number of aromatic nitrogens is 1. The summed E-state index contributed by atoms with van der Waals surface area (Å²) in [7, 11) is 1.28. The molecule has 0 fully saturated rings. The molecular weight excluding hydrogens is 484 g/mol. The van der Waals surface area contributed by atoms with Crippen LogP contribution in [0.4, 0.5) is 5.13 Å². The number of nitrogens with zero attached hydrogens (tertiary/aromatic N) is 2. The van der Waals surface area contributed by atoms with Gasteiger partial charge in [0.2, 0.25) is 5.76 Å². The lowest BCUT2D eigenvalue weighted by Crippen LogP contribution is -2.29. The van der Waals surface area contributed by atoms with Crippen LogP contribution in [-0.2, 0) is 9.47 Å². The third kappa shape index (κ3) is 3.66. The Morgan fingerprint density at radius 3 is 2.50 bits per heavy atom. The summed E-state index contributed by atoms with van der Waals surface area (Å²) in [6.45, 7) is 3.54. The first-order chi connectivity index (χ1) is 17.3. The summed E-state index contributed by atoms with van der Waals surface area (Å²) in [4.78, 5) is 57.7. The quantitative estimate of drug-likeness (QED) is 0.370. The van der Waals surface area contributed by atoms with Crippen LogP contribution < -0.4 is 10.3 Å². The highest BCUT2D eigenvalue weighted by atomic mass is 32.1. The second kappa shape index (κ2) is 9.04. The summed E-state index contributed by atoms with van der Waals surface area (Å²) in [5.74, 6) is -1.70. The average molecular weight is 505 g/mol. The third-order valence-electron chi connectivity index (χ3n) is 5.88. The molecule has 1 aliphatic rings. The van der Waals surface area contributed by atoms with E-state index in [-0.39, 0.29) is 33.4 Å². The summed E-state index contributed by atoms with van der Waals surface area (Å²) < 4.78 is 15.8. The number of para-hydroxylation sites is 1. The smallest absolute Gasteiger partial charge is 0.350 e. The van der Waals surface area contributed by atoms with Crippen LogP contribution in [0, 0.1) is 6.92 Å². The van der Waals surface area contributed by atoms with Crippen LogP contribution in [0.3, 0.4) is 0 Å². The number of carbonyl (C=O) groups excluding carboxylic acids is 3. The van der Waals surface area contributed by atoms with Gasteiger partial charge in [0, 0.05) is 0 Å². The van der Waals surface area contributed by atoms with Crippen molar-refractivity contribution in [2.45, 2.75) is 19.9 Å². The van der Waals surface area contributed by atoms with Crippen molar-refractivity contribution in [1.29, 1.82) is 0 Å². The first kappa shape index (κ1) is 23.4. The maximum atomic E-state index is 13.7. The maximum absolute atomic E-state index is 13.7. The zero-order chi connectivity index (χ0) is 25.6. The van der Waals surface area contributed by atoms with Crippen molar-refractivity contribution in [2.24, 2.45) is 0 Å². The SMILES string of the molecule is CCOC(=O)c1sc(N2C(=O)c3oc4ccccc4c(=O)c3C2c2ccc(C(=O)OC)cc2)nc1C. The van der Waals surface area contributed by atoms with E-state index in [0.29, 0.717) is 27.8 Å². The monoisotopic (exact) mass is 504 g/mol. The van der Waals surface area contributed by atoms with Gasteiger partial charge in [0.1, 0.15) is 10.5 Å². The Hall–Kier alpha value is -4.31. The van der Waals surface area contributed by atoms with E-state index in [1.54, 1.807) is 62.4 Å². The van der Waals surface area contributed by atoms with Crippen molar-refractivity contribution >= 4 is 45.3 Å². The number of methoxy groups -OCH3 is 1. The van der Waals surface area contributed by atoms with Gasteiger partial charge in [-0.05, 0) is 43.7 Å². The predicted molar refractivity (Wildman–Crippen MR) is 132 cm³/mol. The van der Waals surface area contributed by atoms with Crippen LogP contribution in [0.15, 0.2) is 57.7 Å². The highest BCUT2D eigenvalue weighted by molar-refractivity contribution is 7.17. The molecule has 0 spiro atoms. The van der Waals surface area contributed by atoms with E-state index >= 15 is 0 Å². The zero-order valence-corrected chi connectivity index (χ0v) is 20.4. The second-order valence-electron chi connectivity index (χ2n) is 7.99. The zero-order valence-electron chi connectivity index (χ0n) is 19.6. The summed E-state index contributed by atoms with van der Waals surface area (Å²) in [5, 5.41) is 0.557. The number of aryl methyl sites for hydroxylation is 1. The number of hydrogen-bond acceptors (Lipinski definition) is 9. The Balaban J connectivity index is 1.72. The summed E-state index contributed by atoms with van der Waals surface area (Å²) in [5.41, 5.74) is 1.39. The number of ether oxygens (including phenoxy) is 2. The Kier molecular flexibility index (Phi) is 5.89. The molecule has 4 aromatic rings. The minimum atomic E-state index is -0.888. The van der Waals surface area contributed by atoms with Crippen LogP contribution in [0.2, 0.25) is 0 Å². The number of benzene rings is 2. The van der Waals surface area contributed by atoms with Gasteiger partial charge < -0.3 is 13.9 Å². The van der Waals surface area contributed by atoms with Crippen molar-refractivity contribution in [3.63, 3.8) is 0 Å². The number of esters is 2. The molecule has 9 nitrogen and oxygen atoms in total. The van der Waals surface area contributed by atoms with E-state index in [2.05, 4.69) is 4.98 Å². The van der Waals surface area contributed by atoms with Crippen molar-refractivity contribution in [1.82, 2.24) is 4.98 Å². The van der Waals surface area contributed by atoms with Gasteiger partial charge in [0.25, 0.3) is 5.91 Å². The average Bonchev–Trinajstić information content (AvgIpc) is 3.41. The lowest BCUT2D eigenvalue weighted by atomic mass is 9.98. The van der Waals surface area contributed by atoms with E-state index < -0.39 is 23.9 Å². The van der Waals surface area contributed by atoms with Gasteiger partial charge >= 0.3 is 11.9 Å². The summed E-state index contributed by atoms with van der Waals surface area (Å²) >= 11 is 1.00. The summed E-state index contributed by atoms with van der Waals surface area (Å²) in [6.07, 6.45) is 0. The predicted octanol–water partition coefficient (Wildman–Crippen LogP) is 4.27. The van der Waals surface area contributed by atoms with E-state index in [9.17, 15) is 19.2 Å². The minimum Gasteiger partial charge on any atom is -0.465 e. The Labute approximate surface area is 208 Å². The molecule has 0 saturated heterocycles. The number of thiazole rings is 1. The number of fused-ring (bicyclic) bond motifs is 2. The van der Waals surface area contributed by atoms with Crippen molar-refractivity contribution in [2.75, 3.05) is 18.6 Å². The molecule has 36 heavy (non-hydrogen) atoms. The molecule has 0 bridgehead atoms. The van der Waals surface area contributed by atoms with Crippen LogP contribution in [-0.4, -0.2) is 36.5 Å². The lowest BCUT2D eigenvalue weighted by Gasteiger charge is -2.22. The second-order valence-corrected chi connectivity index (χ2v) is 8.97. The van der Waals surface area contributed by atoms with Crippen LogP contribution in [0.25, 0.3) is 11.0 Å². The molecule has 10 heteroatoms. The Morgan fingerprint density at radius 2 is 1.81 bits per heavy atom. The third-order valence-corrected chi connectivity index (χ3v) is 7.01. The molecule has 0 saturated carbocycles. The number of anilines is 1. The first-order valence-electron chi connectivity index (χ1n) is 11.1. The molecule has 182 valence electrons. The molecular formula is C26H20N2O7S. The van der Waals surface area contributed by atoms with Gasteiger partial charge in [0.05, 0.1) is 42.0 Å². The van der Waals surface area contributed by atoms with E-state index in [1.807, 2.05) is 0 Å². The molecule has 1 amide bonds. The van der Waals surface area contributed by atoms with E-state index in [4.69, 9.17) is 13.9 Å². The van der Waals surface area contributed by atoms with Crippen molar-refractivity contribution in [3.8, 4) is 0 Å². The van der Waals surface area contributed by atoms with Gasteiger partial charge in [0.15, 0.2) is 10.6 Å². The molecule has 2 aromatic carbocycles. The fourth-order valence-electron chi connectivity index (χ4n) is 4.22. The van der Waals surface area contributed by atoms with Crippen molar-refractivity contribution in [3.05, 3.63) is 91.8 Å². The topological polar surface area (TPSA) is 116 Å². The van der Waals surface area contributed by atoms with Gasteiger partial charge in [-0.1, -0.05) is 35.6 Å². The normalized spacial score (nSPS) is 14.7. The van der Waals surface area contributed by atoms with E-state index in [0.717, 1.165) is 11.3 Å². The highest BCUT2D eigenvalue weighted by Gasteiger charge is 2.45. The van der Waals surface area contributed by atoms with Crippen LogP contribution in [0.5, 0.6) is 0 Å². The molecule has 3 heterocycles. The molecule has 0 aliphatic carbocycles. The van der Waals surface area contributed by atoms with Crippen molar-refractivity contribution < 1.29 is 28.3 Å². The molecule has 1 unspecified atom stereocenters. The highest BCUT2D eigenvalue weighted by Crippen LogP contribution is 2.43. The molecule has 0 radical (unpaired) electrons. The largest absolute Gasteiger partial charge is 0.465 e. The van der Waals surface area contributed by atoms with Gasteiger partial charge in [-0.3, -0.25) is 14.5 Å². The summed E-state index contributed by atoms with van der Waals surface area (Å²) in [6, 6.07) is 12.2. The van der Waals surface area contributed by atoms with Gasteiger partial charge in [-0.2, -0.15) is 0 Å². The van der Waals surface area contributed by atoms with Gasteiger partial charge in [-0.15, -0.1) is 0 Å². The Morgan fingerprint density at radius 1 is 1.08 bits per heavy atom. The molecule has 1 aliphatic heterocycles. The lowest BCUT2D eigenvalue weighted by molar-refractivity contribution is 0.0529. The fraction of sp³-hybridized carbons (Fsp3) is 0.192.